The molecule has 2 aromatic heterocycles. The maximum Gasteiger partial charge on any atom is 0.255 e. The van der Waals surface area contributed by atoms with Gasteiger partial charge in [-0.1, -0.05) is 0 Å². The summed E-state index contributed by atoms with van der Waals surface area (Å²) >= 11 is 0. The highest BCUT2D eigenvalue weighted by atomic mass is 16.2. The van der Waals surface area contributed by atoms with Crippen LogP contribution in [0.15, 0.2) is 43.0 Å². The van der Waals surface area contributed by atoms with Gasteiger partial charge in [-0.05, 0) is 37.5 Å². The topological polar surface area (TPSA) is 79.3 Å². The number of carbonyl (C=O) groups excluding carboxylic acids is 2. The molecule has 2 aliphatic rings. The van der Waals surface area contributed by atoms with E-state index >= 15 is 0 Å². The van der Waals surface area contributed by atoms with Gasteiger partial charge in [0.2, 0.25) is 5.91 Å². The minimum absolute atomic E-state index is 0.0423. The Morgan fingerprint density at radius 3 is 2.48 bits per heavy atom. The Hall–Kier alpha value is -2.83. The van der Waals surface area contributed by atoms with Gasteiger partial charge in [0.25, 0.3) is 5.91 Å². The first-order valence-electron chi connectivity index (χ1n) is 8.48. The fraction of sp³-hybridized carbons (Fsp3) is 0.389. The third-order valence-electron chi connectivity index (χ3n) is 5.31. The zero-order valence-corrected chi connectivity index (χ0v) is 13.8. The van der Waals surface area contributed by atoms with Crippen molar-refractivity contribution in [2.24, 2.45) is 5.41 Å². The summed E-state index contributed by atoms with van der Waals surface area (Å²) in [5.41, 5.74) is 1.05. The Bertz CT molecular complexity index is 773. The maximum atomic E-state index is 13.0. The quantitative estimate of drug-likeness (QED) is 0.830. The van der Waals surface area contributed by atoms with Crippen LogP contribution in [0, 0.1) is 5.41 Å². The number of amides is 2. The molecule has 0 unspecified atom stereocenters. The average molecular weight is 337 g/mol. The van der Waals surface area contributed by atoms with Gasteiger partial charge in [0.05, 0.1) is 35.3 Å². The zero-order chi connectivity index (χ0) is 17.3. The number of hydrogen-bond donors (Lipinski definition) is 0. The molecule has 0 aromatic carbocycles. The fourth-order valence-corrected chi connectivity index (χ4v) is 3.78. The Morgan fingerprint density at radius 1 is 1.00 bits per heavy atom. The van der Waals surface area contributed by atoms with Crippen LogP contribution in [0.25, 0.3) is 0 Å². The molecule has 1 spiro atoms. The molecule has 0 saturated carbocycles. The van der Waals surface area contributed by atoms with E-state index in [9.17, 15) is 9.59 Å². The molecule has 2 fully saturated rings. The highest BCUT2D eigenvalue weighted by Gasteiger charge is 2.49. The Labute approximate surface area is 145 Å². The lowest BCUT2D eigenvalue weighted by molar-refractivity contribution is -0.127. The van der Waals surface area contributed by atoms with Gasteiger partial charge in [-0.15, -0.1) is 0 Å². The van der Waals surface area contributed by atoms with Crippen molar-refractivity contribution in [1.29, 1.82) is 0 Å². The second-order valence-electron chi connectivity index (χ2n) is 6.62. The van der Waals surface area contributed by atoms with E-state index in [1.807, 2.05) is 21.9 Å². The van der Waals surface area contributed by atoms with E-state index in [4.69, 9.17) is 0 Å². The molecule has 7 nitrogen and oxygen atoms in total. The molecule has 7 heteroatoms. The lowest BCUT2D eigenvalue weighted by atomic mass is 9.77. The highest BCUT2D eigenvalue weighted by molar-refractivity contribution is 6.00. The number of hydrogen-bond acceptors (Lipinski definition) is 5. The van der Waals surface area contributed by atoms with Crippen LogP contribution in [0.1, 0.15) is 29.6 Å². The van der Waals surface area contributed by atoms with Crippen molar-refractivity contribution in [2.75, 3.05) is 24.5 Å². The fourth-order valence-electron chi connectivity index (χ4n) is 3.78. The number of aromatic nitrogens is 3. The van der Waals surface area contributed by atoms with Gasteiger partial charge in [-0.2, -0.15) is 10.2 Å². The second-order valence-corrected chi connectivity index (χ2v) is 6.62. The molecule has 25 heavy (non-hydrogen) atoms. The largest absolute Gasteiger partial charge is 0.339 e. The van der Waals surface area contributed by atoms with E-state index in [2.05, 4.69) is 15.2 Å². The molecule has 4 rings (SSSR count). The standard InChI is InChI=1S/C18H19N5O2/c24-16(14-3-8-20-21-12-14)22-9-4-18(5-10-22)6-11-23(17(18)25)15-2-1-7-19-13-15/h1-3,7-8,12-13H,4-6,9-11H2. The third-order valence-corrected chi connectivity index (χ3v) is 5.31. The molecule has 128 valence electrons. The van der Waals surface area contributed by atoms with E-state index in [0.29, 0.717) is 38.0 Å². The van der Waals surface area contributed by atoms with E-state index in [1.54, 1.807) is 18.5 Å². The van der Waals surface area contributed by atoms with Crippen molar-refractivity contribution >= 4 is 17.5 Å². The van der Waals surface area contributed by atoms with Gasteiger partial charge in [0.15, 0.2) is 0 Å². The minimum atomic E-state index is -0.344. The summed E-state index contributed by atoms with van der Waals surface area (Å²) in [4.78, 5) is 33.3. The molecule has 0 bridgehead atoms. The van der Waals surface area contributed by atoms with Crippen molar-refractivity contribution in [2.45, 2.75) is 19.3 Å². The SMILES string of the molecule is O=C(c1ccnnc1)N1CCC2(CC1)CCN(c1cccnc1)C2=O. The number of piperidine rings is 1. The normalized spacial score (nSPS) is 19.4. The first-order valence-corrected chi connectivity index (χ1v) is 8.48. The van der Waals surface area contributed by atoms with Crippen molar-refractivity contribution in [3.8, 4) is 0 Å². The van der Waals surface area contributed by atoms with Crippen LogP contribution >= 0.6 is 0 Å². The molecule has 2 aromatic rings. The molecule has 0 radical (unpaired) electrons. The van der Waals surface area contributed by atoms with Crippen LogP contribution < -0.4 is 4.90 Å². The first-order chi connectivity index (χ1) is 12.2. The molecule has 2 aliphatic heterocycles. The molecule has 2 saturated heterocycles. The van der Waals surface area contributed by atoms with Crippen LogP contribution in [0.4, 0.5) is 5.69 Å². The van der Waals surface area contributed by atoms with Gasteiger partial charge in [-0.25, -0.2) is 0 Å². The number of nitrogens with zero attached hydrogens (tertiary/aromatic N) is 5. The van der Waals surface area contributed by atoms with E-state index < -0.39 is 0 Å². The summed E-state index contributed by atoms with van der Waals surface area (Å²) in [6, 6.07) is 5.43. The first kappa shape index (κ1) is 15.7. The maximum absolute atomic E-state index is 13.0. The van der Waals surface area contributed by atoms with Crippen molar-refractivity contribution in [3.05, 3.63) is 48.5 Å². The zero-order valence-electron chi connectivity index (χ0n) is 13.8. The summed E-state index contributed by atoms with van der Waals surface area (Å²) in [6.45, 7) is 1.90. The molecule has 4 heterocycles. The predicted molar refractivity (Wildman–Crippen MR) is 90.8 cm³/mol. The summed E-state index contributed by atoms with van der Waals surface area (Å²) in [5.74, 6) is 0.123. The Balaban J connectivity index is 1.45. The van der Waals surface area contributed by atoms with Crippen LogP contribution in [-0.2, 0) is 4.79 Å². The molecule has 2 amide bonds. The van der Waals surface area contributed by atoms with E-state index in [-0.39, 0.29) is 17.2 Å². The van der Waals surface area contributed by atoms with Crippen LogP contribution in [0.5, 0.6) is 0 Å². The molecular formula is C18H19N5O2. The Kier molecular flexibility index (Phi) is 3.91. The summed E-state index contributed by atoms with van der Waals surface area (Å²) in [7, 11) is 0. The monoisotopic (exact) mass is 337 g/mol. The van der Waals surface area contributed by atoms with Crippen molar-refractivity contribution < 1.29 is 9.59 Å². The van der Waals surface area contributed by atoms with E-state index in [0.717, 1.165) is 12.1 Å². The molecule has 0 aliphatic carbocycles. The molecule has 0 N–H and O–H groups in total. The Morgan fingerprint density at radius 2 is 1.80 bits per heavy atom. The molecular weight excluding hydrogens is 318 g/mol. The average Bonchev–Trinajstić information content (AvgIpc) is 2.99. The van der Waals surface area contributed by atoms with Crippen LogP contribution in [0.3, 0.4) is 0 Å². The third kappa shape index (κ3) is 2.75. The van der Waals surface area contributed by atoms with E-state index in [1.165, 1.54) is 12.4 Å². The number of pyridine rings is 1. The summed E-state index contributed by atoms with van der Waals surface area (Å²) in [5, 5.41) is 7.46. The smallest absolute Gasteiger partial charge is 0.255 e. The van der Waals surface area contributed by atoms with Gasteiger partial charge < -0.3 is 9.80 Å². The lowest BCUT2D eigenvalue weighted by Gasteiger charge is -2.37. The van der Waals surface area contributed by atoms with Crippen molar-refractivity contribution in [3.63, 3.8) is 0 Å². The summed E-state index contributed by atoms with van der Waals surface area (Å²) < 4.78 is 0. The number of carbonyl (C=O) groups is 2. The van der Waals surface area contributed by atoms with Gasteiger partial charge in [0, 0.05) is 25.8 Å². The highest BCUT2D eigenvalue weighted by Crippen LogP contribution is 2.43. The van der Waals surface area contributed by atoms with Crippen LogP contribution in [-0.4, -0.2) is 51.5 Å². The number of likely N-dealkylation sites (tertiary alicyclic amines) is 1. The second kappa shape index (κ2) is 6.23. The molecule has 0 atom stereocenters. The van der Waals surface area contributed by atoms with Gasteiger partial charge in [0.1, 0.15) is 0 Å². The predicted octanol–water partition coefficient (Wildman–Crippen LogP) is 1.53. The minimum Gasteiger partial charge on any atom is -0.339 e. The summed E-state index contributed by atoms with van der Waals surface area (Å²) in [6.07, 6.45) is 8.67. The number of rotatable bonds is 2. The van der Waals surface area contributed by atoms with Crippen LogP contribution in [0.2, 0.25) is 0 Å². The van der Waals surface area contributed by atoms with Crippen molar-refractivity contribution in [1.82, 2.24) is 20.1 Å². The number of anilines is 1. The van der Waals surface area contributed by atoms with Gasteiger partial charge in [-0.3, -0.25) is 14.6 Å². The lowest BCUT2D eigenvalue weighted by Crippen LogP contribution is -2.46. The van der Waals surface area contributed by atoms with Gasteiger partial charge >= 0.3 is 0 Å².